The molecule has 1 aliphatic carbocycles. The molecule has 0 aromatic heterocycles. The summed E-state index contributed by atoms with van der Waals surface area (Å²) >= 11 is 0. The number of aliphatic hydroxyl groups excluding tert-OH is 1. The predicted octanol–water partition coefficient (Wildman–Crippen LogP) is 3.65. The van der Waals surface area contributed by atoms with Crippen LogP contribution in [0.2, 0.25) is 0 Å². The van der Waals surface area contributed by atoms with E-state index in [4.69, 9.17) is 0 Å². The lowest BCUT2D eigenvalue weighted by Crippen LogP contribution is -2.38. The number of nitriles is 1. The first-order chi connectivity index (χ1) is 7.66. The summed E-state index contributed by atoms with van der Waals surface area (Å²) in [5.74, 6) is 0.253. The molecule has 0 aliphatic heterocycles. The van der Waals surface area contributed by atoms with Crippen LogP contribution in [0.3, 0.4) is 0 Å². The van der Waals surface area contributed by atoms with E-state index in [1.54, 1.807) is 0 Å². The first-order valence-corrected chi connectivity index (χ1v) is 6.75. The van der Waals surface area contributed by atoms with Crippen molar-refractivity contribution in [2.45, 2.75) is 71.3 Å². The van der Waals surface area contributed by atoms with Gasteiger partial charge in [-0.15, -0.1) is 0 Å². The lowest BCUT2D eigenvalue weighted by Gasteiger charge is -2.34. The zero-order chi connectivity index (χ0) is 12.0. The second-order valence-electron chi connectivity index (χ2n) is 5.39. The second kappa shape index (κ2) is 6.25. The van der Waals surface area contributed by atoms with Gasteiger partial charge >= 0.3 is 0 Å². The van der Waals surface area contributed by atoms with Gasteiger partial charge in [-0.25, -0.2) is 0 Å². The Kier molecular flexibility index (Phi) is 5.28. The molecule has 16 heavy (non-hydrogen) atoms. The molecule has 0 saturated heterocycles. The van der Waals surface area contributed by atoms with Crippen LogP contribution in [-0.2, 0) is 0 Å². The Morgan fingerprint density at radius 3 is 2.25 bits per heavy atom. The van der Waals surface area contributed by atoms with Gasteiger partial charge in [0.2, 0.25) is 0 Å². The Bertz CT molecular complexity index is 236. The fourth-order valence-corrected chi connectivity index (χ4v) is 2.99. The molecule has 1 fully saturated rings. The molecule has 1 saturated carbocycles. The number of hydrogen-bond acceptors (Lipinski definition) is 2. The minimum absolute atomic E-state index is 0.253. The summed E-state index contributed by atoms with van der Waals surface area (Å²) in [6, 6.07) is 2.45. The highest BCUT2D eigenvalue weighted by molar-refractivity contribution is 5.05. The van der Waals surface area contributed by atoms with Crippen LogP contribution in [0.25, 0.3) is 0 Å². The first-order valence-electron chi connectivity index (χ1n) is 6.75. The molecule has 1 N–H and O–H groups in total. The van der Waals surface area contributed by atoms with E-state index in [0.29, 0.717) is 0 Å². The third-order valence-electron chi connectivity index (χ3n) is 4.07. The van der Waals surface area contributed by atoms with Crippen molar-refractivity contribution in [2.75, 3.05) is 0 Å². The standard InChI is InChI=1S/C14H25NO/c1-3-8-12(2)13(16)14(11-15)9-6-4-5-7-10-14/h12-13,16H,3-10H2,1-2H3. The van der Waals surface area contributed by atoms with E-state index in [-0.39, 0.29) is 5.92 Å². The van der Waals surface area contributed by atoms with Crippen molar-refractivity contribution >= 4 is 0 Å². The second-order valence-corrected chi connectivity index (χ2v) is 5.39. The van der Waals surface area contributed by atoms with Gasteiger partial charge in [-0.1, -0.05) is 46.0 Å². The smallest absolute Gasteiger partial charge is 0.0834 e. The summed E-state index contributed by atoms with van der Waals surface area (Å²) < 4.78 is 0. The summed E-state index contributed by atoms with van der Waals surface area (Å²) in [7, 11) is 0. The largest absolute Gasteiger partial charge is 0.391 e. The lowest BCUT2D eigenvalue weighted by atomic mass is 9.72. The maximum atomic E-state index is 10.4. The molecule has 1 aliphatic rings. The van der Waals surface area contributed by atoms with Crippen molar-refractivity contribution in [3.05, 3.63) is 0 Å². The predicted molar refractivity (Wildman–Crippen MR) is 65.8 cm³/mol. The topological polar surface area (TPSA) is 44.0 Å². The van der Waals surface area contributed by atoms with Crippen molar-refractivity contribution in [1.29, 1.82) is 5.26 Å². The molecule has 2 heteroatoms. The zero-order valence-electron chi connectivity index (χ0n) is 10.7. The maximum Gasteiger partial charge on any atom is 0.0834 e. The van der Waals surface area contributed by atoms with Crippen LogP contribution < -0.4 is 0 Å². The highest BCUT2D eigenvalue weighted by atomic mass is 16.3. The van der Waals surface area contributed by atoms with Gasteiger partial charge in [-0.3, -0.25) is 0 Å². The molecule has 0 radical (unpaired) electrons. The van der Waals surface area contributed by atoms with Crippen LogP contribution >= 0.6 is 0 Å². The fourth-order valence-electron chi connectivity index (χ4n) is 2.99. The Morgan fingerprint density at radius 2 is 1.81 bits per heavy atom. The van der Waals surface area contributed by atoms with E-state index in [2.05, 4.69) is 19.9 Å². The molecular weight excluding hydrogens is 198 g/mol. The van der Waals surface area contributed by atoms with Crippen molar-refractivity contribution in [2.24, 2.45) is 11.3 Å². The van der Waals surface area contributed by atoms with Crippen LogP contribution in [0, 0.1) is 22.7 Å². The van der Waals surface area contributed by atoms with E-state index >= 15 is 0 Å². The van der Waals surface area contributed by atoms with E-state index in [1.807, 2.05) is 0 Å². The van der Waals surface area contributed by atoms with Crippen molar-refractivity contribution < 1.29 is 5.11 Å². The number of rotatable bonds is 4. The first kappa shape index (κ1) is 13.5. The molecule has 0 bridgehead atoms. The lowest BCUT2D eigenvalue weighted by molar-refractivity contribution is 0.00707. The molecule has 92 valence electrons. The molecule has 0 aromatic rings. The van der Waals surface area contributed by atoms with E-state index < -0.39 is 11.5 Å². The normalized spacial score (nSPS) is 24.1. The minimum Gasteiger partial charge on any atom is -0.391 e. The van der Waals surface area contributed by atoms with E-state index in [9.17, 15) is 10.4 Å². The number of hydrogen-bond donors (Lipinski definition) is 1. The van der Waals surface area contributed by atoms with Gasteiger partial charge in [0.15, 0.2) is 0 Å². The maximum absolute atomic E-state index is 10.4. The zero-order valence-corrected chi connectivity index (χ0v) is 10.7. The van der Waals surface area contributed by atoms with E-state index in [1.165, 1.54) is 12.8 Å². The monoisotopic (exact) mass is 223 g/mol. The van der Waals surface area contributed by atoms with Gasteiger partial charge in [-0.2, -0.15) is 5.26 Å². The molecule has 2 atom stereocenters. The quantitative estimate of drug-likeness (QED) is 0.739. The molecule has 0 spiro atoms. The number of aliphatic hydroxyl groups is 1. The minimum atomic E-state index is -0.453. The molecular formula is C14H25NO. The molecule has 0 amide bonds. The van der Waals surface area contributed by atoms with Crippen molar-refractivity contribution in [3.8, 4) is 6.07 Å². The molecule has 2 nitrogen and oxygen atoms in total. The fraction of sp³-hybridized carbons (Fsp3) is 0.929. The van der Waals surface area contributed by atoms with E-state index in [0.717, 1.165) is 38.5 Å². The van der Waals surface area contributed by atoms with Crippen LogP contribution in [0.1, 0.15) is 65.2 Å². The number of nitrogens with zero attached hydrogens (tertiary/aromatic N) is 1. The summed E-state index contributed by atoms with van der Waals surface area (Å²) in [6.45, 7) is 4.22. The van der Waals surface area contributed by atoms with Crippen LogP contribution in [-0.4, -0.2) is 11.2 Å². The molecule has 0 heterocycles. The Balaban J connectivity index is 2.73. The third-order valence-corrected chi connectivity index (χ3v) is 4.07. The van der Waals surface area contributed by atoms with Gasteiger partial charge < -0.3 is 5.11 Å². The van der Waals surface area contributed by atoms with Crippen molar-refractivity contribution in [3.63, 3.8) is 0 Å². The summed E-state index contributed by atoms with van der Waals surface area (Å²) in [6.07, 6.45) is 8.08. The molecule has 2 unspecified atom stereocenters. The highest BCUT2D eigenvalue weighted by Gasteiger charge is 2.40. The van der Waals surface area contributed by atoms with Crippen molar-refractivity contribution in [1.82, 2.24) is 0 Å². The van der Waals surface area contributed by atoms with Gasteiger partial charge in [0.05, 0.1) is 17.6 Å². The van der Waals surface area contributed by atoms with Gasteiger partial charge in [0.25, 0.3) is 0 Å². The van der Waals surface area contributed by atoms with Crippen LogP contribution in [0.5, 0.6) is 0 Å². The summed E-state index contributed by atoms with van der Waals surface area (Å²) in [4.78, 5) is 0. The Labute approximate surface area is 99.7 Å². The Morgan fingerprint density at radius 1 is 1.25 bits per heavy atom. The average Bonchev–Trinajstić information content (AvgIpc) is 2.54. The van der Waals surface area contributed by atoms with Gasteiger partial charge in [0, 0.05) is 0 Å². The van der Waals surface area contributed by atoms with Gasteiger partial charge in [-0.05, 0) is 25.2 Å². The van der Waals surface area contributed by atoms with Gasteiger partial charge in [0.1, 0.15) is 0 Å². The molecule has 1 rings (SSSR count). The SMILES string of the molecule is CCCC(C)C(O)C1(C#N)CCCCCC1. The average molecular weight is 223 g/mol. The highest BCUT2D eigenvalue weighted by Crippen LogP contribution is 2.40. The summed E-state index contributed by atoms with van der Waals surface area (Å²) in [5.41, 5.74) is -0.453. The summed E-state index contributed by atoms with van der Waals surface area (Å²) in [5, 5.41) is 19.9. The van der Waals surface area contributed by atoms with Crippen LogP contribution in [0.4, 0.5) is 0 Å². The third kappa shape index (κ3) is 2.98. The molecule has 0 aromatic carbocycles. The van der Waals surface area contributed by atoms with Crippen LogP contribution in [0.15, 0.2) is 0 Å². The Hall–Kier alpha value is -0.550.